The van der Waals surface area contributed by atoms with Gasteiger partial charge >= 0.3 is 0 Å². The number of nitrogens with one attached hydrogen (secondary N) is 1. The Kier molecular flexibility index (Phi) is 6.26. The molecule has 1 amide bonds. The highest BCUT2D eigenvalue weighted by atomic mass is 16.2. The molecule has 37 heavy (non-hydrogen) atoms. The monoisotopic (exact) mass is 495 g/mol. The number of hydrogen-bond donors (Lipinski definition) is 3. The van der Waals surface area contributed by atoms with Gasteiger partial charge in [-0.05, 0) is 61.9 Å². The first-order valence-electron chi connectivity index (χ1n) is 13.2. The van der Waals surface area contributed by atoms with Crippen LogP contribution in [0.1, 0.15) is 65.6 Å². The van der Waals surface area contributed by atoms with Crippen molar-refractivity contribution >= 4 is 28.7 Å². The largest absolute Gasteiger partial charge is 0.382 e. The highest BCUT2D eigenvalue weighted by Crippen LogP contribution is 2.33. The minimum absolute atomic E-state index is 0.0747. The zero-order valence-corrected chi connectivity index (χ0v) is 20.9. The van der Waals surface area contributed by atoms with Gasteiger partial charge in [0.25, 0.3) is 5.91 Å². The average molecular weight is 496 g/mol. The molecule has 3 heterocycles. The topological polar surface area (TPSA) is 115 Å². The molecule has 2 aromatic carbocycles. The number of hydrogen-bond acceptors (Lipinski definition) is 6. The molecule has 5 N–H and O–H groups in total. The number of benzene rings is 2. The third-order valence-corrected chi connectivity index (χ3v) is 7.81. The van der Waals surface area contributed by atoms with E-state index in [2.05, 4.69) is 34.7 Å². The quantitative estimate of drug-likeness (QED) is 0.371. The lowest BCUT2D eigenvalue weighted by molar-refractivity contribution is 0.0791. The van der Waals surface area contributed by atoms with Gasteiger partial charge in [0.05, 0.1) is 17.6 Å². The van der Waals surface area contributed by atoms with Crippen LogP contribution in [0.5, 0.6) is 0 Å². The van der Waals surface area contributed by atoms with E-state index in [0.29, 0.717) is 29.3 Å². The summed E-state index contributed by atoms with van der Waals surface area (Å²) in [7, 11) is 0. The van der Waals surface area contributed by atoms with Crippen molar-refractivity contribution in [2.45, 2.75) is 50.0 Å². The molecule has 1 unspecified atom stereocenters. The van der Waals surface area contributed by atoms with Crippen LogP contribution in [-0.2, 0) is 0 Å². The van der Waals surface area contributed by atoms with Crippen LogP contribution in [0.3, 0.4) is 0 Å². The fraction of sp³-hybridized carbons (Fsp3) is 0.345. The zero-order valence-electron chi connectivity index (χ0n) is 20.9. The van der Waals surface area contributed by atoms with E-state index in [1.807, 2.05) is 41.4 Å². The van der Waals surface area contributed by atoms with Crippen molar-refractivity contribution in [3.8, 4) is 0 Å². The third kappa shape index (κ3) is 4.89. The van der Waals surface area contributed by atoms with Crippen molar-refractivity contribution in [2.24, 2.45) is 5.73 Å². The van der Waals surface area contributed by atoms with Crippen LogP contribution in [0.25, 0.3) is 5.65 Å². The summed E-state index contributed by atoms with van der Waals surface area (Å²) in [5, 5.41) is 7.86. The minimum Gasteiger partial charge on any atom is -0.382 e. The van der Waals surface area contributed by atoms with Crippen LogP contribution in [-0.4, -0.2) is 44.5 Å². The molecule has 6 rings (SSSR count). The second-order valence-corrected chi connectivity index (χ2v) is 10.4. The van der Waals surface area contributed by atoms with Crippen LogP contribution in [0.15, 0.2) is 66.9 Å². The minimum atomic E-state index is 0.0747. The molecule has 8 heteroatoms. The summed E-state index contributed by atoms with van der Waals surface area (Å²) in [6, 6.07) is 20.2. The number of nitrogen functional groups attached to an aromatic ring is 1. The lowest BCUT2D eigenvalue weighted by Gasteiger charge is -2.24. The molecule has 2 aliphatic rings. The fourth-order valence-electron chi connectivity index (χ4n) is 5.69. The van der Waals surface area contributed by atoms with Gasteiger partial charge in [-0.15, -0.1) is 5.10 Å². The summed E-state index contributed by atoms with van der Waals surface area (Å²) in [6.45, 7) is 1.54. The number of carbonyl (C=O) groups is 1. The lowest BCUT2D eigenvalue weighted by Crippen LogP contribution is -2.28. The molecule has 190 valence electrons. The summed E-state index contributed by atoms with van der Waals surface area (Å²) in [4.78, 5) is 20.0. The van der Waals surface area contributed by atoms with Crippen LogP contribution < -0.4 is 16.8 Å². The van der Waals surface area contributed by atoms with E-state index in [9.17, 15) is 4.79 Å². The molecular weight excluding hydrogens is 462 g/mol. The molecule has 1 saturated heterocycles. The van der Waals surface area contributed by atoms with Crippen molar-refractivity contribution in [3.63, 3.8) is 0 Å². The van der Waals surface area contributed by atoms with E-state index < -0.39 is 0 Å². The molecule has 0 spiro atoms. The maximum atomic E-state index is 13.1. The number of rotatable bonds is 5. The molecular formula is C29H33N7O. The maximum absolute atomic E-state index is 13.1. The van der Waals surface area contributed by atoms with Crippen molar-refractivity contribution in [2.75, 3.05) is 24.1 Å². The lowest BCUT2D eigenvalue weighted by atomic mass is 9.85. The van der Waals surface area contributed by atoms with Gasteiger partial charge in [-0.1, -0.05) is 30.3 Å². The number of likely N-dealkylation sites (tertiary alicyclic amines) is 1. The van der Waals surface area contributed by atoms with Gasteiger partial charge in [0, 0.05) is 48.3 Å². The highest BCUT2D eigenvalue weighted by Gasteiger charge is 2.28. The molecule has 1 atom stereocenters. The van der Waals surface area contributed by atoms with Gasteiger partial charge in [-0.3, -0.25) is 4.79 Å². The number of fused-ring (bicyclic) bond motifs is 1. The fourth-order valence-corrected chi connectivity index (χ4v) is 5.69. The van der Waals surface area contributed by atoms with E-state index in [1.54, 1.807) is 10.6 Å². The molecule has 8 nitrogen and oxygen atoms in total. The normalized spacial score (nSPS) is 21.9. The Hall–Kier alpha value is -3.91. The van der Waals surface area contributed by atoms with Gasteiger partial charge in [-0.25, -0.2) is 9.50 Å². The van der Waals surface area contributed by atoms with Crippen molar-refractivity contribution in [1.82, 2.24) is 19.5 Å². The van der Waals surface area contributed by atoms with Gasteiger partial charge in [0.15, 0.2) is 5.65 Å². The molecule has 2 aromatic heterocycles. The van der Waals surface area contributed by atoms with E-state index in [0.717, 1.165) is 67.9 Å². The Labute approximate surface area is 216 Å². The average Bonchev–Trinajstić information content (AvgIpc) is 3.58. The number of nitrogens with zero attached hydrogens (tertiary/aromatic N) is 4. The Balaban J connectivity index is 1.16. The zero-order chi connectivity index (χ0) is 25.4. The standard InChI is InChI=1S/C29H33N7O/c30-23-10-6-20(7-11-23)26-18-36-28(33-26)25(16-27(31)34-36)32-24-12-8-21(9-13-24)29(37)35-15-14-22(17-35)19-4-2-1-3-5-19/h1-5,8-9,12-13,16,18,20,22-23,32H,6-7,10-11,14-15,17,30H2,(H2,31,34). The van der Waals surface area contributed by atoms with E-state index in [1.165, 1.54) is 5.56 Å². The van der Waals surface area contributed by atoms with Gasteiger partial charge in [-0.2, -0.15) is 0 Å². The number of anilines is 3. The Morgan fingerprint density at radius 3 is 2.46 bits per heavy atom. The number of imidazole rings is 1. The van der Waals surface area contributed by atoms with E-state index >= 15 is 0 Å². The molecule has 2 fully saturated rings. The first kappa shape index (κ1) is 23.5. The smallest absolute Gasteiger partial charge is 0.253 e. The van der Waals surface area contributed by atoms with Crippen LogP contribution in [0.2, 0.25) is 0 Å². The first-order valence-corrected chi connectivity index (χ1v) is 13.2. The summed E-state index contributed by atoms with van der Waals surface area (Å²) < 4.78 is 1.76. The predicted molar refractivity (Wildman–Crippen MR) is 146 cm³/mol. The van der Waals surface area contributed by atoms with Gasteiger partial charge < -0.3 is 21.7 Å². The summed E-state index contributed by atoms with van der Waals surface area (Å²) in [5.41, 5.74) is 17.6. The summed E-state index contributed by atoms with van der Waals surface area (Å²) in [6.07, 6.45) is 7.11. The molecule has 4 aromatic rings. The van der Waals surface area contributed by atoms with Crippen molar-refractivity contribution in [3.05, 3.63) is 83.7 Å². The molecule has 1 saturated carbocycles. The van der Waals surface area contributed by atoms with E-state index in [-0.39, 0.29) is 5.91 Å². The van der Waals surface area contributed by atoms with Crippen LogP contribution in [0.4, 0.5) is 17.2 Å². The Morgan fingerprint density at radius 2 is 1.70 bits per heavy atom. The third-order valence-electron chi connectivity index (χ3n) is 7.81. The van der Waals surface area contributed by atoms with Crippen LogP contribution in [0, 0.1) is 0 Å². The number of amides is 1. The van der Waals surface area contributed by atoms with Gasteiger partial charge in [0.1, 0.15) is 5.82 Å². The second kappa shape index (κ2) is 9.86. The number of nitrogens with two attached hydrogens (primary N) is 2. The Bertz CT molecular complexity index is 1390. The predicted octanol–water partition coefficient (Wildman–Crippen LogP) is 4.67. The first-order chi connectivity index (χ1) is 18.0. The molecule has 0 bridgehead atoms. The summed E-state index contributed by atoms with van der Waals surface area (Å²) in [5.74, 6) is 1.28. The molecule has 1 aliphatic heterocycles. The van der Waals surface area contributed by atoms with Gasteiger partial charge in [0.2, 0.25) is 0 Å². The maximum Gasteiger partial charge on any atom is 0.253 e. The molecule has 1 aliphatic carbocycles. The van der Waals surface area contributed by atoms with Crippen molar-refractivity contribution < 1.29 is 4.79 Å². The SMILES string of the molecule is Nc1cc(Nc2ccc(C(=O)N3CCC(c4ccccc4)C3)cc2)c2nc(C3CCC(N)CC3)cn2n1. The van der Waals surface area contributed by atoms with Crippen LogP contribution >= 0.6 is 0 Å². The second-order valence-electron chi connectivity index (χ2n) is 10.4. The van der Waals surface area contributed by atoms with E-state index in [4.69, 9.17) is 16.5 Å². The molecule has 0 radical (unpaired) electrons. The number of carbonyl (C=O) groups excluding carboxylic acids is 1. The summed E-state index contributed by atoms with van der Waals surface area (Å²) >= 11 is 0. The number of aromatic nitrogens is 3. The van der Waals surface area contributed by atoms with Crippen molar-refractivity contribution in [1.29, 1.82) is 0 Å². The highest BCUT2D eigenvalue weighted by molar-refractivity contribution is 5.95. The Morgan fingerprint density at radius 1 is 0.946 bits per heavy atom.